The first-order chi connectivity index (χ1) is 9.62. The fourth-order valence-electron chi connectivity index (χ4n) is 3.38. The van der Waals surface area contributed by atoms with Crippen LogP contribution in [0.1, 0.15) is 50.7 Å². The summed E-state index contributed by atoms with van der Waals surface area (Å²) in [6.07, 6.45) is 3.74. The van der Waals surface area contributed by atoms with Crippen LogP contribution in [0.5, 0.6) is 5.75 Å². The molecular formula is C16H21FO3. The Kier molecular flexibility index (Phi) is 3.69. The highest BCUT2D eigenvalue weighted by Crippen LogP contribution is 2.45. The van der Waals surface area contributed by atoms with E-state index in [2.05, 4.69) is 6.92 Å². The topological polar surface area (TPSA) is 38.7 Å². The molecule has 3 atom stereocenters. The van der Waals surface area contributed by atoms with E-state index < -0.39 is 11.7 Å². The molecule has 3 rings (SSSR count). The molecule has 1 N–H and O–H groups in total. The second-order valence-corrected chi connectivity index (χ2v) is 5.92. The van der Waals surface area contributed by atoms with Gasteiger partial charge in [-0.05, 0) is 18.6 Å². The van der Waals surface area contributed by atoms with E-state index in [9.17, 15) is 9.50 Å². The van der Waals surface area contributed by atoms with Gasteiger partial charge in [-0.25, -0.2) is 4.39 Å². The maximum absolute atomic E-state index is 13.4. The molecule has 1 fully saturated rings. The maximum Gasteiger partial charge on any atom is 0.128 e. The molecule has 0 bridgehead atoms. The predicted octanol–water partition coefficient (Wildman–Crippen LogP) is 3.36. The van der Waals surface area contributed by atoms with Crippen LogP contribution in [0.25, 0.3) is 0 Å². The van der Waals surface area contributed by atoms with Crippen molar-refractivity contribution in [2.24, 2.45) is 0 Å². The van der Waals surface area contributed by atoms with Gasteiger partial charge < -0.3 is 14.6 Å². The van der Waals surface area contributed by atoms with Gasteiger partial charge in [0.05, 0.1) is 18.8 Å². The Labute approximate surface area is 118 Å². The van der Waals surface area contributed by atoms with Crippen LogP contribution in [-0.4, -0.2) is 23.4 Å². The zero-order valence-electron chi connectivity index (χ0n) is 11.8. The monoisotopic (exact) mass is 280 g/mol. The van der Waals surface area contributed by atoms with Crippen molar-refractivity contribution in [1.82, 2.24) is 0 Å². The van der Waals surface area contributed by atoms with E-state index in [0.29, 0.717) is 24.3 Å². The van der Waals surface area contributed by atoms with Crippen molar-refractivity contribution < 1.29 is 19.0 Å². The molecular weight excluding hydrogens is 259 g/mol. The van der Waals surface area contributed by atoms with E-state index in [1.807, 2.05) is 0 Å². The summed E-state index contributed by atoms with van der Waals surface area (Å²) in [5.41, 5.74) is 0.286. The van der Waals surface area contributed by atoms with Crippen LogP contribution in [0.2, 0.25) is 0 Å². The molecule has 1 spiro atoms. The van der Waals surface area contributed by atoms with Crippen LogP contribution in [-0.2, 0) is 4.74 Å². The van der Waals surface area contributed by atoms with Crippen molar-refractivity contribution in [3.8, 4) is 5.75 Å². The summed E-state index contributed by atoms with van der Waals surface area (Å²) in [6.45, 7) is 2.77. The van der Waals surface area contributed by atoms with Crippen molar-refractivity contribution in [2.45, 2.75) is 56.8 Å². The van der Waals surface area contributed by atoms with Crippen molar-refractivity contribution in [3.63, 3.8) is 0 Å². The lowest BCUT2D eigenvalue weighted by atomic mass is 9.80. The Morgan fingerprint density at radius 1 is 1.40 bits per heavy atom. The molecule has 0 amide bonds. The maximum atomic E-state index is 13.4. The number of halogens is 1. The minimum absolute atomic E-state index is 0.177. The molecule has 0 aliphatic carbocycles. The lowest BCUT2D eigenvalue weighted by Gasteiger charge is -2.45. The number of aliphatic hydroxyl groups excluding tert-OH is 1. The van der Waals surface area contributed by atoms with Gasteiger partial charge in [-0.1, -0.05) is 13.3 Å². The van der Waals surface area contributed by atoms with Gasteiger partial charge in [-0.2, -0.15) is 0 Å². The average molecular weight is 280 g/mol. The SMILES string of the molecule is CCCC1CC2(CCO1)CC(O)c1ccc(F)cc1O2. The fraction of sp³-hybridized carbons (Fsp3) is 0.625. The number of aliphatic hydroxyl groups is 1. The first kappa shape index (κ1) is 13.8. The van der Waals surface area contributed by atoms with E-state index in [0.717, 1.165) is 25.7 Å². The lowest BCUT2D eigenvalue weighted by molar-refractivity contribution is -0.118. The minimum atomic E-state index is -0.584. The molecule has 3 nitrogen and oxygen atoms in total. The zero-order valence-corrected chi connectivity index (χ0v) is 11.8. The molecule has 2 aliphatic heterocycles. The standard InChI is InChI=1S/C16H21FO3/c1-2-3-12-9-16(6-7-19-12)10-14(18)13-5-4-11(17)8-15(13)20-16/h4-5,8,12,14,18H,2-3,6-7,9-10H2,1H3. The minimum Gasteiger partial charge on any atom is -0.486 e. The summed E-state index contributed by atoms with van der Waals surface area (Å²) in [7, 11) is 0. The highest BCUT2D eigenvalue weighted by molar-refractivity contribution is 5.38. The summed E-state index contributed by atoms with van der Waals surface area (Å²) >= 11 is 0. The number of rotatable bonds is 2. The van der Waals surface area contributed by atoms with Crippen LogP contribution in [0.4, 0.5) is 4.39 Å². The first-order valence-corrected chi connectivity index (χ1v) is 7.40. The molecule has 110 valence electrons. The van der Waals surface area contributed by atoms with Gasteiger partial charge in [0.15, 0.2) is 0 Å². The average Bonchev–Trinajstić information content (AvgIpc) is 2.38. The van der Waals surface area contributed by atoms with Gasteiger partial charge >= 0.3 is 0 Å². The summed E-state index contributed by atoms with van der Waals surface area (Å²) < 4.78 is 25.3. The fourth-order valence-corrected chi connectivity index (χ4v) is 3.38. The smallest absolute Gasteiger partial charge is 0.128 e. The number of ether oxygens (including phenoxy) is 2. The molecule has 2 heterocycles. The van der Waals surface area contributed by atoms with E-state index in [4.69, 9.17) is 9.47 Å². The number of hydrogen-bond donors (Lipinski definition) is 1. The summed E-state index contributed by atoms with van der Waals surface area (Å²) in [5.74, 6) is 0.158. The molecule has 4 heteroatoms. The van der Waals surface area contributed by atoms with Crippen LogP contribution in [0.3, 0.4) is 0 Å². The third-order valence-corrected chi connectivity index (χ3v) is 4.35. The third kappa shape index (κ3) is 2.54. The van der Waals surface area contributed by atoms with Crippen LogP contribution in [0, 0.1) is 5.82 Å². The first-order valence-electron chi connectivity index (χ1n) is 7.40. The Bertz CT molecular complexity index is 489. The van der Waals surface area contributed by atoms with Crippen molar-refractivity contribution >= 4 is 0 Å². The lowest BCUT2D eigenvalue weighted by Crippen LogP contribution is -2.48. The number of benzene rings is 1. The van der Waals surface area contributed by atoms with Crippen molar-refractivity contribution in [3.05, 3.63) is 29.6 Å². The van der Waals surface area contributed by atoms with Crippen molar-refractivity contribution in [2.75, 3.05) is 6.61 Å². The normalized spacial score (nSPS) is 32.8. The molecule has 1 aromatic rings. The van der Waals surface area contributed by atoms with E-state index in [-0.39, 0.29) is 11.9 Å². The van der Waals surface area contributed by atoms with E-state index >= 15 is 0 Å². The summed E-state index contributed by atoms with van der Waals surface area (Å²) in [4.78, 5) is 0. The Balaban J connectivity index is 1.85. The molecule has 1 saturated heterocycles. The van der Waals surface area contributed by atoms with Crippen LogP contribution >= 0.6 is 0 Å². The molecule has 2 aliphatic rings. The highest BCUT2D eigenvalue weighted by atomic mass is 19.1. The molecule has 0 radical (unpaired) electrons. The zero-order chi connectivity index (χ0) is 14.2. The van der Waals surface area contributed by atoms with Gasteiger partial charge in [-0.3, -0.25) is 0 Å². The Morgan fingerprint density at radius 3 is 3.05 bits per heavy atom. The second kappa shape index (κ2) is 5.34. The molecule has 3 unspecified atom stereocenters. The van der Waals surface area contributed by atoms with Crippen molar-refractivity contribution in [1.29, 1.82) is 0 Å². The molecule has 20 heavy (non-hydrogen) atoms. The van der Waals surface area contributed by atoms with E-state index in [1.54, 1.807) is 6.07 Å². The van der Waals surface area contributed by atoms with Gasteiger partial charge in [0, 0.05) is 30.9 Å². The molecule has 1 aromatic carbocycles. The number of hydrogen-bond acceptors (Lipinski definition) is 3. The molecule has 0 aromatic heterocycles. The number of fused-ring (bicyclic) bond motifs is 1. The largest absolute Gasteiger partial charge is 0.486 e. The summed E-state index contributed by atoms with van der Waals surface area (Å²) in [6, 6.07) is 4.36. The summed E-state index contributed by atoms with van der Waals surface area (Å²) in [5, 5.41) is 10.3. The quantitative estimate of drug-likeness (QED) is 0.902. The van der Waals surface area contributed by atoms with Gasteiger partial charge in [-0.15, -0.1) is 0 Å². The molecule has 0 saturated carbocycles. The highest BCUT2D eigenvalue weighted by Gasteiger charge is 2.44. The van der Waals surface area contributed by atoms with Gasteiger partial charge in [0.1, 0.15) is 17.2 Å². The van der Waals surface area contributed by atoms with Gasteiger partial charge in [0.2, 0.25) is 0 Å². The second-order valence-electron chi connectivity index (χ2n) is 5.92. The van der Waals surface area contributed by atoms with Gasteiger partial charge in [0.25, 0.3) is 0 Å². The van der Waals surface area contributed by atoms with Crippen LogP contribution < -0.4 is 4.74 Å². The third-order valence-electron chi connectivity index (χ3n) is 4.35. The van der Waals surface area contributed by atoms with E-state index in [1.165, 1.54) is 12.1 Å². The Morgan fingerprint density at radius 2 is 2.25 bits per heavy atom. The van der Waals surface area contributed by atoms with Crippen LogP contribution in [0.15, 0.2) is 18.2 Å². The predicted molar refractivity (Wildman–Crippen MR) is 73.2 cm³/mol. The Hall–Kier alpha value is -1.13.